The molecular formula is C15H16BrNO3. The molecule has 0 amide bonds. The highest BCUT2D eigenvalue weighted by Crippen LogP contribution is 2.38. The minimum Gasteiger partial charge on any atom is -0.490 e. The van der Waals surface area contributed by atoms with Gasteiger partial charge in [0.1, 0.15) is 0 Å². The fourth-order valence-electron chi connectivity index (χ4n) is 2.13. The molecule has 20 heavy (non-hydrogen) atoms. The molecule has 0 saturated carbocycles. The third-order valence-corrected chi connectivity index (χ3v) is 3.69. The predicted octanol–water partition coefficient (Wildman–Crippen LogP) is 3.49. The van der Waals surface area contributed by atoms with Gasteiger partial charge >= 0.3 is 0 Å². The first-order valence-electron chi connectivity index (χ1n) is 6.63. The second-order valence-electron chi connectivity index (χ2n) is 4.69. The largest absolute Gasteiger partial charge is 0.490 e. The van der Waals surface area contributed by atoms with E-state index in [1.54, 1.807) is 12.5 Å². The standard InChI is InChI=1S/C15H16BrNO3/c16-13-6-12(9-17-8-11-2-5-18-10-11)7-14-15(13)20-4-1-3-19-14/h2,5-7,10,17H,1,3-4,8-9H2. The zero-order valence-electron chi connectivity index (χ0n) is 11.0. The minimum absolute atomic E-state index is 0.698. The SMILES string of the molecule is Brc1cc(CNCc2ccoc2)cc2c1OCCCO2. The summed E-state index contributed by atoms with van der Waals surface area (Å²) in [5.74, 6) is 1.62. The van der Waals surface area contributed by atoms with Crippen LogP contribution in [0.3, 0.4) is 0 Å². The number of nitrogens with one attached hydrogen (secondary N) is 1. The Labute approximate surface area is 126 Å². The summed E-state index contributed by atoms with van der Waals surface area (Å²) >= 11 is 3.55. The highest BCUT2D eigenvalue weighted by atomic mass is 79.9. The molecule has 0 aliphatic carbocycles. The van der Waals surface area contributed by atoms with E-state index in [2.05, 4.69) is 27.3 Å². The summed E-state index contributed by atoms with van der Waals surface area (Å²) in [6, 6.07) is 6.06. The molecule has 1 aromatic heterocycles. The molecule has 1 N–H and O–H groups in total. The lowest BCUT2D eigenvalue weighted by molar-refractivity contribution is 0.296. The summed E-state index contributed by atoms with van der Waals surface area (Å²) < 4.78 is 17.4. The van der Waals surface area contributed by atoms with Crippen molar-refractivity contribution in [2.45, 2.75) is 19.5 Å². The van der Waals surface area contributed by atoms with E-state index < -0.39 is 0 Å². The zero-order valence-corrected chi connectivity index (χ0v) is 12.6. The molecule has 0 fully saturated rings. The Kier molecular flexibility index (Phi) is 4.28. The van der Waals surface area contributed by atoms with Gasteiger partial charge < -0.3 is 19.2 Å². The van der Waals surface area contributed by atoms with Gasteiger partial charge in [-0.3, -0.25) is 0 Å². The van der Waals surface area contributed by atoms with Gasteiger partial charge in [0.2, 0.25) is 0 Å². The molecule has 2 aromatic rings. The van der Waals surface area contributed by atoms with Gasteiger partial charge in [0.05, 0.1) is 30.2 Å². The number of halogens is 1. The Bertz CT molecular complexity index is 569. The van der Waals surface area contributed by atoms with Crippen LogP contribution in [0.1, 0.15) is 17.5 Å². The Hall–Kier alpha value is -1.46. The van der Waals surface area contributed by atoms with Gasteiger partial charge in [-0.1, -0.05) is 0 Å². The topological polar surface area (TPSA) is 43.6 Å². The van der Waals surface area contributed by atoms with Gasteiger partial charge in [-0.15, -0.1) is 0 Å². The molecular weight excluding hydrogens is 322 g/mol. The molecule has 4 nitrogen and oxygen atoms in total. The molecule has 0 saturated heterocycles. The van der Waals surface area contributed by atoms with Gasteiger partial charge in [-0.2, -0.15) is 0 Å². The van der Waals surface area contributed by atoms with Crippen molar-refractivity contribution in [3.05, 3.63) is 46.3 Å². The van der Waals surface area contributed by atoms with E-state index >= 15 is 0 Å². The second kappa shape index (κ2) is 6.33. The average Bonchev–Trinajstić information content (AvgIpc) is 2.83. The lowest BCUT2D eigenvalue weighted by Crippen LogP contribution is -2.12. The summed E-state index contributed by atoms with van der Waals surface area (Å²) in [5.41, 5.74) is 2.29. The first kappa shape index (κ1) is 13.5. The summed E-state index contributed by atoms with van der Waals surface area (Å²) in [6.07, 6.45) is 4.34. The number of ether oxygens (including phenoxy) is 2. The minimum atomic E-state index is 0.698. The highest BCUT2D eigenvalue weighted by molar-refractivity contribution is 9.10. The van der Waals surface area contributed by atoms with E-state index in [1.807, 2.05) is 12.1 Å². The van der Waals surface area contributed by atoms with Crippen molar-refractivity contribution in [1.82, 2.24) is 5.32 Å². The fourth-order valence-corrected chi connectivity index (χ4v) is 2.73. The second-order valence-corrected chi connectivity index (χ2v) is 5.54. The van der Waals surface area contributed by atoms with Crippen LogP contribution in [0.2, 0.25) is 0 Å². The predicted molar refractivity (Wildman–Crippen MR) is 79.0 cm³/mol. The van der Waals surface area contributed by atoms with E-state index in [9.17, 15) is 0 Å². The van der Waals surface area contributed by atoms with Crippen molar-refractivity contribution >= 4 is 15.9 Å². The van der Waals surface area contributed by atoms with Gasteiger partial charge in [0.25, 0.3) is 0 Å². The van der Waals surface area contributed by atoms with Crippen LogP contribution in [-0.4, -0.2) is 13.2 Å². The molecule has 0 atom stereocenters. The van der Waals surface area contributed by atoms with E-state index in [0.717, 1.165) is 46.6 Å². The number of furan rings is 1. The van der Waals surface area contributed by atoms with E-state index in [-0.39, 0.29) is 0 Å². The maximum Gasteiger partial charge on any atom is 0.175 e. The van der Waals surface area contributed by atoms with Crippen molar-refractivity contribution in [3.8, 4) is 11.5 Å². The maximum absolute atomic E-state index is 5.72. The van der Waals surface area contributed by atoms with Crippen molar-refractivity contribution in [3.63, 3.8) is 0 Å². The Morgan fingerprint density at radius 1 is 1.10 bits per heavy atom. The molecule has 1 aromatic carbocycles. The van der Waals surface area contributed by atoms with Crippen LogP contribution in [0, 0.1) is 0 Å². The zero-order chi connectivity index (χ0) is 13.8. The summed E-state index contributed by atoms with van der Waals surface area (Å²) in [5, 5.41) is 3.38. The van der Waals surface area contributed by atoms with E-state index in [1.165, 1.54) is 0 Å². The lowest BCUT2D eigenvalue weighted by atomic mass is 10.2. The highest BCUT2D eigenvalue weighted by Gasteiger charge is 2.15. The number of hydrogen-bond acceptors (Lipinski definition) is 4. The van der Waals surface area contributed by atoms with Gasteiger partial charge in [-0.25, -0.2) is 0 Å². The number of benzene rings is 1. The summed E-state index contributed by atoms with van der Waals surface area (Å²) in [7, 11) is 0. The normalized spacial score (nSPS) is 14.1. The summed E-state index contributed by atoms with van der Waals surface area (Å²) in [4.78, 5) is 0. The van der Waals surface area contributed by atoms with E-state index in [4.69, 9.17) is 13.9 Å². The molecule has 1 aliphatic rings. The average molecular weight is 338 g/mol. The molecule has 1 aliphatic heterocycles. The van der Waals surface area contributed by atoms with Crippen molar-refractivity contribution in [2.24, 2.45) is 0 Å². The number of hydrogen-bond donors (Lipinski definition) is 1. The van der Waals surface area contributed by atoms with Gasteiger partial charge in [-0.05, 0) is 39.7 Å². The van der Waals surface area contributed by atoms with Crippen LogP contribution < -0.4 is 14.8 Å². The van der Waals surface area contributed by atoms with Crippen molar-refractivity contribution < 1.29 is 13.9 Å². The molecule has 0 unspecified atom stereocenters. The Balaban J connectivity index is 1.67. The first-order valence-corrected chi connectivity index (χ1v) is 7.42. The molecule has 0 radical (unpaired) electrons. The van der Waals surface area contributed by atoms with Crippen molar-refractivity contribution in [1.29, 1.82) is 0 Å². The first-order chi connectivity index (χ1) is 9.83. The van der Waals surface area contributed by atoms with Crippen LogP contribution in [0.25, 0.3) is 0 Å². The van der Waals surface area contributed by atoms with Crippen LogP contribution in [0.5, 0.6) is 11.5 Å². The number of rotatable bonds is 4. The van der Waals surface area contributed by atoms with Gasteiger partial charge in [0, 0.05) is 25.1 Å². The smallest absolute Gasteiger partial charge is 0.175 e. The molecule has 0 spiro atoms. The summed E-state index contributed by atoms with van der Waals surface area (Å²) in [6.45, 7) is 2.94. The monoisotopic (exact) mass is 337 g/mol. The number of fused-ring (bicyclic) bond motifs is 1. The Morgan fingerprint density at radius 3 is 2.80 bits per heavy atom. The molecule has 106 valence electrons. The molecule has 5 heteroatoms. The van der Waals surface area contributed by atoms with Gasteiger partial charge in [0.15, 0.2) is 11.5 Å². The Morgan fingerprint density at radius 2 is 1.95 bits per heavy atom. The molecule has 2 heterocycles. The van der Waals surface area contributed by atoms with Crippen LogP contribution in [0.15, 0.2) is 39.6 Å². The fraction of sp³-hybridized carbons (Fsp3) is 0.333. The van der Waals surface area contributed by atoms with Crippen LogP contribution in [0.4, 0.5) is 0 Å². The van der Waals surface area contributed by atoms with Crippen LogP contribution in [-0.2, 0) is 13.1 Å². The third kappa shape index (κ3) is 3.16. The third-order valence-electron chi connectivity index (χ3n) is 3.10. The van der Waals surface area contributed by atoms with E-state index in [0.29, 0.717) is 13.2 Å². The molecule has 0 bridgehead atoms. The quantitative estimate of drug-likeness (QED) is 0.927. The molecule has 3 rings (SSSR count). The maximum atomic E-state index is 5.72. The lowest BCUT2D eigenvalue weighted by Gasteiger charge is -2.12. The van der Waals surface area contributed by atoms with Crippen LogP contribution >= 0.6 is 15.9 Å². The van der Waals surface area contributed by atoms with Crippen molar-refractivity contribution in [2.75, 3.05) is 13.2 Å².